The van der Waals surface area contributed by atoms with Crippen molar-refractivity contribution >= 4 is 11.8 Å². The number of hydrogen-bond donors (Lipinski definition) is 1. The fourth-order valence-corrected chi connectivity index (χ4v) is 7.40. The van der Waals surface area contributed by atoms with Crippen LogP contribution in [0.2, 0.25) is 0 Å². The topological polar surface area (TPSA) is 72.8 Å². The normalized spacial score (nSPS) is 32.0. The summed E-state index contributed by atoms with van der Waals surface area (Å²) in [5.41, 5.74) is 3.70. The van der Waals surface area contributed by atoms with E-state index in [0.717, 1.165) is 44.1 Å². The first kappa shape index (κ1) is 19.8. The average Bonchev–Trinajstić information content (AvgIpc) is 3.41. The molecule has 32 heavy (non-hydrogen) atoms. The number of carboxylic acid groups (broad SMARTS) is 1. The number of aryl methyl sites for hydroxylation is 1. The van der Waals surface area contributed by atoms with E-state index in [9.17, 15) is 14.7 Å². The second-order valence-electron chi connectivity index (χ2n) is 10.2. The number of Topliss-reactive ketones (excluding diaryl/α,β-unsaturated/α-hetero) is 1. The molecule has 0 aromatic heterocycles. The van der Waals surface area contributed by atoms with E-state index in [1.54, 1.807) is 6.07 Å². The van der Waals surface area contributed by atoms with Crippen molar-refractivity contribution in [1.29, 1.82) is 0 Å². The van der Waals surface area contributed by atoms with Gasteiger partial charge in [-0.3, -0.25) is 4.79 Å². The molecule has 166 valence electrons. The molecule has 6 rings (SSSR count). The van der Waals surface area contributed by atoms with Crippen LogP contribution in [0.1, 0.15) is 76.8 Å². The number of carboxylic acids is 1. The summed E-state index contributed by atoms with van der Waals surface area (Å²) < 4.78 is 10.9. The molecule has 1 heterocycles. The summed E-state index contributed by atoms with van der Waals surface area (Å²) in [6, 6.07) is 11.3. The van der Waals surface area contributed by atoms with Gasteiger partial charge in [-0.15, -0.1) is 0 Å². The smallest absolute Gasteiger partial charge is 0.335 e. The fourth-order valence-electron chi connectivity index (χ4n) is 7.40. The first-order valence-electron chi connectivity index (χ1n) is 11.8. The van der Waals surface area contributed by atoms with E-state index < -0.39 is 5.97 Å². The maximum Gasteiger partial charge on any atom is 0.335 e. The molecule has 0 bridgehead atoms. The minimum atomic E-state index is -0.855. The molecule has 1 aliphatic heterocycles. The standard InChI is InChI=1S/C27H28O5/c1-27-11-10-19-18-5-3-17(26(29)30)12-15(18)2-6-20(19)21(27)7-8-22(27)25(28)16-4-9-23-24(13-16)32-14-31-23/h3-5,9,12-13,19-22H,2,6-8,10-11,14H2,1H3,(H,29,30)/t19-,20-,21+,22-,27+/m1/s1. The van der Waals surface area contributed by atoms with Crippen molar-refractivity contribution in [3.63, 3.8) is 0 Å². The second kappa shape index (κ2) is 7.09. The summed E-state index contributed by atoms with van der Waals surface area (Å²) >= 11 is 0. The van der Waals surface area contributed by atoms with Crippen LogP contribution in [0.5, 0.6) is 11.5 Å². The minimum Gasteiger partial charge on any atom is -0.478 e. The predicted octanol–water partition coefficient (Wildman–Crippen LogP) is 5.47. The third-order valence-electron chi connectivity index (χ3n) is 8.95. The van der Waals surface area contributed by atoms with Crippen LogP contribution in [0.25, 0.3) is 0 Å². The molecule has 3 aliphatic carbocycles. The summed E-state index contributed by atoms with van der Waals surface area (Å²) in [6.45, 7) is 2.56. The first-order chi connectivity index (χ1) is 15.5. The molecule has 4 aliphatic rings. The largest absolute Gasteiger partial charge is 0.478 e. The van der Waals surface area contributed by atoms with Gasteiger partial charge in [0.2, 0.25) is 6.79 Å². The lowest BCUT2D eigenvalue weighted by Crippen LogP contribution is -2.44. The van der Waals surface area contributed by atoms with Crippen molar-refractivity contribution in [3.05, 3.63) is 58.7 Å². The molecule has 0 amide bonds. The van der Waals surface area contributed by atoms with Gasteiger partial charge >= 0.3 is 5.97 Å². The molecule has 0 saturated heterocycles. The Bertz CT molecular complexity index is 1120. The van der Waals surface area contributed by atoms with Gasteiger partial charge < -0.3 is 14.6 Å². The van der Waals surface area contributed by atoms with Crippen LogP contribution >= 0.6 is 0 Å². The molecule has 0 spiro atoms. The van der Waals surface area contributed by atoms with Crippen LogP contribution in [0.15, 0.2) is 36.4 Å². The Morgan fingerprint density at radius 2 is 1.78 bits per heavy atom. The fraction of sp³-hybridized carbons (Fsp3) is 0.481. The Hall–Kier alpha value is -2.82. The van der Waals surface area contributed by atoms with Crippen LogP contribution < -0.4 is 9.47 Å². The van der Waals surface area contributed by atoms with Crippen molar-refractivity contribution in [3.8, 4) is 11.5 Å². The van der Waals surface area contributed by atoms with Crippen molar-refractivity contribution < 1.29 is 24.2 Å². The highest BCUT2D eigenvalue weighted by Gasteiger charge is 2.56. The first-order valence-corrected chi connectivity index (χ1v) is 11.8. The highest BCUT2D eigenvalue weighted by atomic mass is 16.7. The summed E-state index contributed by atoms with van der Waals surface area (Å²) in [5, 5.41) is 9.36. The van der Waals surface area contributed by atoms with Gasteiger partial charge in [-0.2, -0.15) is 0 Å². The number of aromatic carboxylic acids is 1. The summed E-state index contributed by atoms with van der Waals surface area (Å²) in [4.78, 5) is 25.0. The van der Waals surface area contributed by atoms with E-state index in [1.165, 1.54) is 11.1 Å². The van der Waals surface area contributed by atoms with Gasteiger partial charge in [0.05, 0.1) is 5.56 Å². The number of carbonyl (C=O) groups is 2. The zero-order valence-electron chi connectivity index (χ0n) is 18.3. The second-order valence-corrected chi connectivity index (χ2v) is 10.2. The molecule has 0 radical (unpaired) electrons. The zero-order chi connectivity index (χ0) is 22.0. The zero-order valence-corrected chi connectivity index (χ0v) is 18.3. The number of ketones is 1. The lowest BCUT2D eigenvalue weighted by atomic mass is 9.53. The van der Waals surface area contributed by atoms with Gasteiger partial charge in [0.15, 0.2) is 17.3 Å². The molecular weight excluding hydrogens is 404 g/mol. The molecule has 2 saturated carbocycles. The Labute approximate surface area is 187 Å². The molecule has 5 atom stereocenters. The third-order valence-corrected chi connectivity index (χ3v) is 8.95. The van der Waals surface area contributed by atoms with E-state index in [1.807, 2.05) is 24.3 Å². The number of rotatable bonds is 3. The lowest BCUT2D eigenvalue weighted by Gasteiger charge is -2.50. The lowest BCUT2D eigenvalue weighted by molar-refractivity contribution is 0.0276. The van der Waals surface area contributed by atoms with Crippen LogP contribution in [0, 0.1) is 23.2 Å². The molecule has 2 aromatic carbocycles. The Balaban J connectivity index is 1.27. The van der Waals surface area contributed by atoms with E-state index in [2.05, 4.69) is 13.0 Å². The van der Waals surface area contributed by atoms with Gasteiger partial charge in [-0.1, -0.05) is 13.0 Å². The van der Waals surface area contributed by atoms with Gasteiger partial charge in [-0.05, 0) is 103 Å². The molecule has 5 nitrogen and oxygen atoms in total. The number of hydrogen-bond acceptors (Lipinski definition) is 4. The molecule has 5 heteroatoms. The van der Waals surface area contributed by atoms with Gasteiger partial charge in [0.1, 0.15) is 0 Å². The van der Waals surface area contributed by atoms with Crippen molar-refractivity contribution in [2.24, 2.45) is 23.2 Å². The highest BCUT2D eigenvalue weighted by Crippen LogP contribution is 2.63. The number of carbonyl (C=O) groups excluding carboxylic acids is 1. The molecule has 1 N–H and O–H groups in total. The number of ether oxygens (including phenoxy) is 2. The summed E-state index contributed by atoms with van der Waals surface area (Å²) in [6.07, 6.45) is 6.18. The number of fused-ring (bicyclic) bond motifs is 6. The Morgan fingerprint density at radius 1 is 0.969 bits per heavy atom. The monoisotopic (exact) mass is 432 g/mol. The quantitative estimate of drug-likeness (QED) is 0.651. The van der Waals surface area contributed by atoms with Crippen molar-refractivity contribution in [1.82, 2.24) is 0 Å². The van der Waals surface area contributed by atoms with Crippen LogP contribution in [-0.4, -0.2) is 23.7 Å². The molecule has 2 aromatic rings. The molecule has 0 unspecified atom stereocenters. The number of benzene rings is 2. The minimum absolute atomic E-state index is 0.0210. The third kappa shape index (κ3) is 2.83. The van der Waals surface area contributed by atoms with Gasteiger partial charge in [-0.25, -0.2) is 4.79 Å². The van der Waals surface area contributed by atoms with Crippen LogP contribution in [0.3, 0.4) is 0 Å². The maximum atomic E-state index is 13.6. The van der Waals surface area contributed by atoms with E-state index in [4.69, 9.17) is 9.47 Å². The van der Waals surface area contributed by atoms with Gasteiger partial charge in [0, 0.05) is 11.5 Å². The summed E-state index contributed by atoms with van der Waals surface area (Å²) in [7, 11) is 0. The molecular formula is C27H28O5. The SMILES string of the molecule is C[C@]12CC[C@@H]3c4ccc(C(=O)O)cc4CC[C@H]3[C@@H]1CC[C@@H]2C(=O)c1ccc2c(c1)OCO2. The van der Waals surface area contributed by atoms with Crippen LogP contribution in [-0.2, 0) is 6.42 Å². The van der Waals surface area contributed by atoms with Crippen molar-refractivity contribution in [2.45, 2.75) is 51.4 Å². The average molecular weight is 433 g/mol. The van der Waals surface area contributed by atoms with E-state index in [0.29, 0.717) is 34.8 Å². The van der Waals surface area contributed by atoms with Gasteiger partial charge in [0.25, 0.3) is 0 Å². The summed E-state index contributed by atoms with van der Waals surface area (Å²) in [5.74, 6) is 2.42. The highest BCUT2D eigenvalue weighted by molar-refractivity contribution is 5.99. The maximum absolute atomic E-state index is 13.6. The Morgan fingerprint density at radius 3 is 2.62 bits per heavy atom. The molecule has 2 fully saturated rings. The Kier molecular flexibility index (Phi) is 4.40. The van der Waals surface area contributed by atoms with E-state index in [-0.39, 0.29) is 23.9 Å². The predicted molar refractivity (Wildman–Crippen MR) is 118 cm³/mol. The van der Waals surface area contributed by atoms with Crippen LogP contribution in [0.4, 0.5) is 0 Å². The van der Waals surface area contributed by atoms with Crippen molar-refractivity contribution in [2.75, 3.05) is 6.79 Å². The van der Waals surface area contributed by atoms with E-state index >= 15 is 0 Å².